The number of allylic oxidation sites excluding steroid dienone is 3. The molecule has 0 radical (unpaired) electrons. The molecule has 0 spiro atoms. The van der Waals surface area contributed by atoms with Gasteiger partial charge < -0.3 is 4.90 Å². The van der Waals surface area contributed by atoms with Crippen molar-refractivity contribution >= 4 is 28.7 Å². The van der Waals surface area contributed by atoms with Crippen molar-refractivity contribution in [3.8, 4) is 11.1 Å². The van der Waals surface area contributed by atoms with E-state index >= 15 is 0 Å². The van der Waals surface area contributed by atoms with E-state index in [4.69, 9.17) is 0 Å². The van der Waals surface area contributed by atoms with E-state index in [1.807, 2.05) is 0 Å². The lowest BCUT2D eigenvalue weighted by Gasteiger charge is -2.27. The Morgan fingerprint density at radius 2 is 1.02 bits per heavy atom. The molecule has 0 aliphatic rings. The van der Waals surface area contributed by atoms with Crippen molar-refractivity contribution in [1.29, 1.82) is 0 Å². The molecule has 5 rings (SSSR count). The van der Waals surface area contributed by atoms with Crippen LogP contribution in [0, 0.1) is 34.6 Å². The average Bonchev–Trinajstić information content (AvgIpc) is 2.97. The lowest BCUT2D eigenvalue weighted by Crippen LogP contribution is -2.11. The maximum absolute atomic E-state index is 2.35. The van der Waals surface area contributed by atoms with Gasteiger partial charge in [0, 0.05) is 17.1 Å². The molecule has 0 saturated heterocycles. The number of nitrogens with zero attached hydrogens (tertiary/aromatic N) is 1. The zero-order valence-electron chi connectivity index (χ0n) is 25.1. The van der Waals surface area contributed by atoms with Gasteiger partial charge in [0.05, 0.1) is 0 Å². The van der Waals surface area contributed by atoms with Gasteiger partial charge in [-0.3, -0.25) is 0 Å². The molecule has 5 aromatic rings. The van der Waals surface area contributed by atoms with Gasteiger partial charge in [-0.15, -0.1) is 0 Å². The number of hydrogen-bond donors (Lipinski definition) is 0. The third kappa shape index (κ3) is 6.58. The van der Waals surface area contributed by atoms with Crippen LogP contribution in [-0.4, -0.2) is 0 Å². The second kappa shape index (κ2) is 12.3. The molecule has 204 valence electrons. The van der Waals surface area contributed by atoms with Gasteiger partial charge in [-0.05, 0) is 117 Å². The maximum Gasteiger partial charge on any atom is 0.0491 e. The summed E-state index contributed by atoms with van der Waals surface area (Å²) in [6.07, 6.45) is 6.50. The molecule has 0 bridgehead atoms. The van der Waals surface area contributed by atoms with E-state index in [0.29, 0.717) is 0 Å². The Hall–Kier alpha value is -4.62. The minimum atomic E-state index is 1.16. The van der Waals surface area contributed by atoms with Crippen LogP contribution < -0.4 is 4.90 Å². The van der Waals surface area contributed by atoms with Crippen molar-refractivity contribution in [2.24, 2.45) is 0 Å². The summed E-state index contributed by atoms with van der Waals surface area (Å²) in [4.78, 5) is 2.35. The molecule has 1 nitrogen and oxygen atoms in total. The number of benzene rings is 5. The second-order valence-corrected chi connectivity index (χ2v) is 11.2. The molecule has 41 heavy (non-hydrogen) atoms. The standard InChI is InChI=1S/C40H39N/c1-28-10-16-34(17-11-28)9-7-8-31(4)39-24-18-35(26-32(39)5)36-19-25-40(33(6)27-36)41(37-20-12-29(2)13-21-37)38-22-14-30(3)15-23-38/h7-27H,1-6H3. The van der Waals surface area contributed by atoms with E-state index in [9.17, 15) is 0 Å². The average molecular weight is 534 g/mol. The Balaban J connectivity index is 1.42. The van der Waals surface area contributed by atoms with Crippen LogP contribution in [0.5, 0.6) is 0 Å². The van der Waals surface area contributed by atoms with Crippen LogP contribution in [0.3, 0.4) is 0 Å². The van der Waals surface area contributed by atoms with Gasteiger partial charge in [0.15, 0.2) is 0 Å². The minimum Gasteiger partial charge on any atom is -0.310 e. The molecular formula is C40H39N. The van der Waals surface area contributed by atoms with E-state index in [1.165, 1.54) is 61.3 Å². The number of rotatable bonds is 7. The summed E-state index contributed by atoms with van der Waals surface area (Å²) in [6.45, 7) is 13.0. The van der Waals surface area contributed by atoms with Gasteiger partial charge in [0.2, 0.25) is 0 Å². The first kappa shape index (κ1) is 27.9. The predicted molar refractivity (Wildman–Crippen MR) is 179 cm³/mol. The molecule has 0 fully saturated rings. The highest BCUT2D eigenvalue weighted by atomic mass is 15.1. The van der Waals surface area contributed by atoms with Gasteiger partial charge in [0.25, 0.3) is 0 Å². The third-order valence-corrected chi connectivity index (χ3v) is 7.72. The summed E-state index contributed by atoms with van der Waals surface area (Å²) in [5, 5.41) is 0. The van der Waals surface area contributed by atoms with E-state index < -0.39 is 0 Å². The number of aryl methyl sites for hydroxylation is 5. The molecule has 0 aromatic heterocycles. The van der Waals surface area contributed by atoms with Crippen molar-refractivity contribution in [1.82, 2.24) is 0 Å². The van der Waals surface area contributed by atoms with Gasteiger partial charge in [0.1, 0.15) is 0 Å². The molecule has 0 unspecified atom stereocenters. The van der Waals surface area contributed by atoms with Gasteiger partial charge >= 0.3 is 0 Å². The van der Waals surface area contributed by atoms with Crippen LogP contribution in [0.15, 0.2) is 121 Å². The smallest absolute Gasteiger partial charge is 0.0491 e. The van der Waals surface area contributed by atoms with E-state index in [2.05, 4.69) is 174 Å². The normalized spacial score (nSPS) is 11.7. The van der Waals surface area contributed by atoms with Crippen LogP contribution in [0.4, 0.5) is 17.1 Å². The third-order valence-electron chi connectivity index (χ3n) is 7.72. The highest BCUT2D eigenvalue weighted by Gasteiger charge is 2.15. The largest absolute Gasteiger partial charge is 0.310 e. The summed E-state index contributed by atoms with van der Waals surface area (Å²) >= 11 is 0. The van der Waals surface area contributed by atoms with E-state index in [0.717, 1.165) is 11.4 Å². The second-order valence-electron chi connectivity index (χ2n) is 11.2. The molecule has 0 atom stereocenters. The molecule has 0 saturated carbocycles. The summed E-state index contributed by atoms with van der Waals surface area (Å²) in [7, 11) is 0. The van der Waals surface area contributed by atoms with Crippen LogP contribution in [-0.2, 0) is 0 Å². The Labute approximate surface area is 246 Å². The van der Waals surface area contributed by atoms with Crippen molar-refractivity contribution in [2.75, 3.05) is 4.90 Å². The molecule has 5 aromatic carbocycles. The molecule has 0 aliphatic carbocycles. The Morgan fingerprint density at radius 1 is 0.537 bits per heavy atom. The first-order chi connectivity index (χ1) is 19.8. The minimum absolute atomic E-state index is 1.16. The monoisotopic (exact) mass is 533 g/mol. The van der Waals surface area contributed by atoms with Crippen LogP contribution in [0.1, 0.15) is 45.9 Å². The van der Waals surface area contributed by atoms with Crippen LogP contribution >= 0.6 is 0 Å². The molecule has 0 aliphatic heterocycles. The van der Waals surface area contributed by atoms with Gasteiger partial charge in [-0.2, -0.15) is 0 Å². The SMILES string of the molecule is CC(=CC=Cc1ccc(C)cc1)c1ccc(-c2ccc(N(c3ccc(C)cc3)c3ccc(C)cc3)c(C)c2)cc1C. The van der Waals surface area contributed by atoms with Crippen molar-refractivity contribution in [3.63, 3.8) is 0 Å². The number of anilines is 3. The lowest BCUT2D eigenvalue weighted by atomic mass is 9.95. The fraction of sp³-hybridized carbons (Fsp3) is 0.150. The quantitative estimate of drug-likeness (QED) is 0.188. The summed E-state index contributed by atoms with van der Waals surface area (Å²) in [5.41, 5.74) is 16.1. The first-order valence-corrected chi connectivity index (χ1v) is 14.4. The summed E-state index contributed by atoms with van der Waals surface area (Å²) in [5.74, 6) is 0. The van der Waals surface area contributed by atoms with Gasteiger partial charge in [-0.1, -0.05) is 108 Å². The highest BCUT2D eigenvalue weighted by molar-refractivity contribution is 5.81. The summed E-state index contributed by atoms with van der Waals surface area (Å²) < 4.78 is 0. The van der Waals surface area contributed by atoms with Crippen LogP contribution in [0.25, 0.3) is 22.8 Å². The molecule has 0 amide bonds. The molecule has 1 heteroatoms. The van der Waals surface area contributed by atoms with E-state index in [-0.39, 0.29) is 0 Å². The molecule has 0 N–H and O–H groups in total. The zero-order chi connectivity index (χ0) is 28.9. The zero-order valence-corrected chi connectivity index (χ0v) is 25.1. The molecular weight excluding hydrogens is 494 g/mol. The van der Waals surface area contributed by atoms with Crippen molar-refractivity contribution in [3.05, 3.63) is 160 Å². The highest BCUT2D eigenvalue weighted by Crippen LogP contribution is 2.38. The van der Waals surface area contributed by atoms with Crippen LogP contribution in [0.2, 0.25) is 0 Å². The topological polar surface area (TPSA) is 3.24 Å². The fourth-order valence-electron chi connectivity index (χ4n) is 5.26. The maximum atomic E-state index is 2.35. The summed E-state index contributed by atoms with van der Waals surface area (Å²) in [6, 6.07) is 39.8. The predicted octanol–water partition coefficient (Wildman–Crippen LogP) is 11.5. The van der Waals surface area contributed by atoms with Crippen molar-refractivity contribution < 1.29 is 0 Å². The number of hydrogen-bond acceptors (Lipinski definition) is 1. The fourth-order valence-corrected chi connectivity index (χ4v) is 5.26. The Kier molecular flexibility index (Phi) is 8.36. The van der Waals surface area contributed by atoms with Gasteiger partial charge in [-0.25, -0.2) is 0 Å². The molecule has 0 heterocycles. The van der Waals surface area contributed by atoms with Crippen molar-refractivity contribution in [2.45, 2.75) is 41.5 Å². The lowest BCUT2D eigenvalue weighted by molar-refractivity contribution is 1.24. The van der Waals surface area contributed by atoms with E-state index in [1.54, 1.807) is 0 Å². The Morgan fingerprint density at radius 3 is 1.54 bits per heavy atom. The first-order valence-electron chi connectivity index (χ1n) is 14.4. The Bertz CT molecular complexity index is 1650.